The quantitative estimate of drug-likeness (QED) is 0.0246. The van der Waals surface area contributed by atoms with Gasteiger partial charge in [0, 0.05) is 6.42 Å². The fourth-order valence-corrected chi connectivity index (χ4v) is 7.54. The number of hydrogen-bond donors (Lipinski definition) is 3. The number of unbranched alkanes of at least 4 members (excludes halogenated alkanes) is 29. The molecule has 3 N–H and O–H groups in total. The van der Waals surface area contributed by atoms with Crippen molar-refractivity contribution in [1.82, 2.24) is 5.32 Å². The van der Waals surface area contributed by atoms with Crippen molar-refractivity contribution in [1.29, 1.82) is 0 Å². The Labute approximate surface area is 335 Å². The number of aliphatic hydroxyl groups excluding tert-OH is 1. The number of phosphoric acid groups is 1. The van der Waals surface area contributed by atoms with Crippen LogP contribution in [0.2, 0.25) is 0 Å². The Kier molecular flexibility index (Phi) is 37.3. The summed E-state index contributed by atoms with van der Waals surface area (Å²) >= 11 is 0. The highest BCUT2D eigenvalue weighted by Gasteiger charge is 2.27. The Bertz CT molecular complexity index is 896. The van der Waals surface area contributed by atoms with Crippen molar-refractivity contribution in [2.24, 2.45) is 0 Å². The number of amides is 1. The predicted molar refractivity (Wildman–Crippen MR) is 231 cm³/mol. The maximum absolute atomic E-state index is 12.8. The molecule has 0 aliphatic carbocycles. The summed E-state index contributed by atoms with van der Waals surface area (Å²) < 4.78 is 23.5. The van der Waals surface area contributed by atoms with E-state index in [1.807, 2.05) is 27.2 Å². The van der Waals surface area contributed by atoms with Gasteiger partial charge in [-0.3, -0.25) is 13.8 Å². The molecule has 0 aromatic rings. The average Bonchev–Trinajstić information content (AvgIpc) is 3.12. The Morgan fingerprint density at radius 1 is 0.611 bits per heavy atom. The number of hydrogen-bond acceptors (Lipinski definition) is 5. The second-order valence-corrected chi connectivity index (χ2v) is 18.6. The lowest BCUT2D eigenvalue weighted by atomic mass is 10.0. The molecule has 322 valence electrons. The number of likely N-dealkylation sites (N-methyl/N-ethyl adjacent to an activating group) is 1. The molecule has 0 radical (unpaired) electrons. The lowest BCUT2D eigenvalue weighted by Gasteiger charge is -2.25. The summed E-state index contributed by atoms with van der Waals surface area (Å²) in [4.78, 5) is 23.1. The molecule has 0 rings (SSSR count). The van der Waals surface area contributed by atoms with Gasteiger partial charge in [-0.15, -0.1) is 0 Å². The third-order valence-corrected chi connectivity index (χ3v) is 11.5. The van der Waals surface area contributed by atoms with Crippen LogP contribution in [0.5, 0.6) is 0 Å². The monoisotopic (exact) mass is 788 g/mol. The minimum atomic E-state index is -4.33. The van der Waals surface area contributed by atoms with Crippen LogP contribution in [0.25, 0.3) is 0 Å². The molecule has 8 nitrogen and oxygen atoms in total. The highest BCUT2D eigenvalue weighted by molar-refractivity contribution is 7.47. The lowest BCUT2D eigenvalue weighted by Crippen LogP contribution is -2.45. The molecule has 0 aromatic heterocycles. The summed E-state index contributed by atoms with van der Waals surface area (Å²) in [5.74, 6) is -0.176. The van der Waals surface area contributed by atoms with Crippen LogP contribution in [-0.2, 0) is 18.4 Å². The summed E-state index contributed by atoms with van der Waals surface area (Å²) in [6, 6.07) is -0.838. The van der Waals surface area contributed by atoms with Gasteiger partial charge in [0.25, 0.3) is 0 Å². The van der Waals surface area contributed by atoms with E-state index in [2.05, 4.69) is 19.2 Å². The van der Waals surface area contributed by atoms with Crippen LogP contribution in [0.3, 0.4) is 0 Å². The Hall–Kier alpha value is -0.760. The second-order valence-electron chi connectivity index (χ2n) is 17.1. The van der Waals surface area contributed by atoms with Gasteiger partial charge >= 0.3 is 7.82 Å². The zero-order valence-corrected chi connectivity index (χ0v) is 37.4. The molecule has 0 saturated carbocycles. The smallest absolute Gasteiger partial charge is 0.387 e. The van der Waals surface area contributed by atoms with Crippen LogP contribution < -0.4 is 5.32 Å². The van der Waals surface area contributed by atoms with Gasteiger partial charge in [0.15, 0.2) is 0 Å². The van der Waals surface area contributed by atoms with Gasteiger partial charge in [-0.05, 0) is 19.3 Å². The maximum Gasteiger partial charge on any atom is 0.472 e. The van der Waals surface area contributed by atoms with Gasteiger partial charge < -0.3 is 19.8 Å². The Morgan fingerprint density at radius 2 is 0.981 bits per heavy atom. The zero-order chi connectivity index (χ0) is 40.0. The minimum Gasteiger partial charge on any atom is -0.387 e. The first kappa shape index (κ1) is 53.2. The van der Waals surface area contributed by atoms with Crippen LogP contribution >= 0.6 is 7.82 Å². The SMILES string of the molecule is CCCCCCCCC/C=C/[C@@H](O)[C@H](COP(=O)(O)OCC[N+](C)(C)C)NC(=O)CCCCCCCCCCCCCCCCCCCCCCCCC. The van der Waals surface area contributed by atoms with Crippen LogP contribution in [0.15, 0.2) is 12.2 Å². The summed E-state index contributed by atoms with van der Waals surface area (Å²) in [5.41, 5.74) is 0. The van der Waals surface area contributed by atoms with Gasteiger partial charge in [-0.1, -0.05) is 206 Å². The van der Waals surface area contributed by atoms with E-state index in [-0.39, 0.29) is 19.1 Å². The van der Waals surface area contributed by atoms with E-state index in [4.69, 9.17) is 9.05 Å². The van der Waals surface area contributed by atoms with Crippen molar-refractivity contribution in [3.63, 3.8) is 0 Å². The van der Waals surface area contributed by atoms with Gasteiger partial charge in [-0.25, -0.2) is 4.57 Å². The summed E-state index contributed by atoms with van der Waals surface area (Å²) in [6.45, 7) is 4.80. The van der Waals surface area contributed by atoms with E-state index in [1.165, 1.54) is 161 Å². The molecule has 0 aromatic carbocycles. The van der Waals surface area contributed by atoms with E-state index < -0.39 is 20.0 Å². The molecular weight excluding hydrogens is 695 g/mol. The molecule has 3 atom stereocenters. The van der Waals surface area contributed by atoms with Crippen molar-refractivity contribution >= 4 is 13.7 Å². The molecule has 0 bridgehead atoms. The fraction of sp³-hybridized carbons (Fsp3) is 0.933. The number of quaternary nitrogens is 1. The number of carbonyl (C=O) groups is 1. The molecule has 0 heterocycles. The van der Waals surface area contributed by atoms with Crippen molar-refractivity contribution in [2.45, 2.75) is 231 Å². The summed E-state index contributed by atoms with van der Waals surface area (Å²) in [6.07, 6.45) is 43.0. The van der Waals surface area contributed by atoms with E-state index in [0.29, 0.717) is 17.4 Å². The first-order valence-corrected chi connectivity index (χ1v) is 24.6. The number of allylic oxidation sites excluding steroid dienone is 1. The third kappa shape index (κ3) is 39.5. The molecular formula is C45H92N2O6P+. The van der Waals surface area contributed by atoms with Crippen LogP contribution in [0, 0.1) is 0 Å². The first-order valence-electron chi connectivity index (χ1n) is 23.1. The topological polar surface area (TPSA) is 105 Å². The molecule has 9 heteroatoms. The van der Waals surface area contributed by atoms with E-state index in [0.717, 1.165) is 38.5 Å². The van der Waals surface area contributed by atoms with E-state index >= 15 is 0 Å². The number of nitrogens with zero attached hydrogens (tertiary/aromatic N) is 1. The minimum absolute atomic E-state index is 0.0642. The van der Waals surface area contributed by atoms with Crippen molar-refractivity contribution in [2.75, 3.05) is 40.9 Å². The molecule has 1 amide bonds. The molecule has 0 aliphatic rings. The Morgan fingerprint density at radius 3 is 1.37 bits per heavy atom. The molecule has 0 spiro atoms. The summed E-state index contributed by atoms with van der Waals surface area (Å²) in [7, 11) is 1.58. The highest BCUT2D eigenvalue weighted by Crippen LogP contribution is 2.43. The predicted octanol–water partition coefficient (Wildman–Crippen LogP) is 12.8. The number of aliphatic hydroxyl groups is 1. The fourth-order valence-electron chi connectivity index (χ4n) is 6.81. The van der Waals surface area contributed by atoms with Gasteiger partial charge in [-0.2, -0.15) is 0 Å². The lowest BCUT2D eigenvalue weighted by molar-refractivity contribution is -0.870. The van der Waals surface area contributed by atoms with E-state index in [1.54, 1.807) is 6.08 Å². The molecule has 0 fully saturated rings. The number of nitrogens with one attached hydrogen (secondary N) is 1. The van der Waals surface area contributed by atoms with Crippen LogP contribution in [0.4, 0.5) is 0 Å². The van der Waals surface area contributed by atoms with Gasteiger partial charge in [0.05, 0.1) is 39.9 Å². The van der Waals surface area contributed by atoms with Gasteiger partial charge in [0.2, 0.25) is 5.91 Å². The van der Waals surface area contributed by atoms with E-state index in [9.17, 15) is 19.4 Å². The molecule has 1 unspecified atom stereocenters. The van der Waals surface area contributed by atoms with Crippen molar-refractivity contribution in [3.8, 4) is 0 Å². The normalized spacial score (nSPS) is 14.4. The third-order valence-electron chi connectivity index (χ3n) is 10.5. The molecule has 0 aliphatic heterocycles. The first-order chi connectivity index (χ1) is 26.0. The summed E-state index contributed by atoms with van der Waals surface area (Å²) in [5, 5.41) is 13.8. The molecule has 54 heavy (non-hydrogen) atoms. The van der Waals surface area contributed by atoms with Crippen LogP contribution in [-0.4, -0.2) is 73.4 Å². The van der Waals surface area contributed by atoms with Crippen LogP contribution in [0.1, 0.15) is 219 Å². The largest absolute Gasteiger partial charge is 0.472 e. The number of rotatable bonds is 42. The van der Waals surface area contributed by atoms with Crippen molar-refractivity contribution in [3.05, 3.63) is 12.2 Å². The molecule has 0 saturated heterocycles. The number of carbonyl (C=O) groups excluding carboxylic acids is 1. The van der Waals surface area contributed by atoms with Gasteiger partial charge in [0.1, 0.15) is 13.2 Å². The standard InChI is InChI=1S/C45H91N2O6P/c1-6-8-10-12-14-16-17-18-19-20-21-22-23-24-25-26-27-28-29-31-33-35-37-39-45(49)46-43(42-53-54(50,51)52-41-40-47(3,4)5)44(48)38-36-34-32-30-15-13-11-9-7-2/h36,38,43-44,48H,6-35,37,39-42H2,1-5H3,(H-,46,49,50,51)/p+1/b38-36+/t43-,44+/m0/s1. The zero-order valence-electron chi connectivity index (χ0n) is 36.5. The maximum atomic E-state index is 12.8. The number of phosphoric ester groups is 1. The second kappa shape index (κ2) is 37.8. The highest BCUT2D eigenvalue weighted by atomic mass is 31.2. The Balaban J connectivity index is 4.14. The van der Waals surface area contributed by atoms with Crippen molar-refractivity contribution < 1.29 is 32.9 Å². The average molecular weight is 788 g/mol.